The molecule has 0 aromatic carbocycles. The molecule has 100 heavy (non-hydrogen) atoms. The average molecular weight is 2640 g/mol. The Labute approximate surface area is 749 Å². The Morgan fingerprint density at radius 3 is 0.210 bits per heavy atom. The third-order valence-electron chi connectivity index (χ3n) is 7.96. The molecular formula is C62H178N10O4Si20U4. The van der Waals surface area contributed by atoms with Crippen molar-refractivity contribution >= 4 is 165 Å². The van der Waals surface area contributed by atoms with Gasteiger partial charge in [0.15, 0.2) is 0 Å². The van der Waals surface area contributed by atoms with Crippen LogP contribution in [-0.2, 0) is 11.0 Å². The molecular weight excluding hydrogens is 2460 g/mol. The van der Waals surface area contributed by atoms with Crippen LogP contribution in [0.5, 0.6) is 0 Å². The van der Waals surface area contributed by atoms with Crippen molar-refractivity contribution in [3.63, 3.8) is 0 Å². The molecule has 0 aromatic rings. The van der Waals surface area contributed by atoms with Crippen LogP contribution in [0.15, 0.2) is 23.9 Å². The van der Waals surface area contributed by atoms with Crippen LogP contribution in [0.25, 0.3) is 46.5 Å². The van der Waals surface area contributed by atoms with Crippen LogP contribution in [0.4, 0.5) is 0 Å². The first-order chi connectivity index (χ1) is 39.0. The molecule has 38 heteroatoms. The molecule has 0 rings (SSSR count). The second kappa shape index (κ2) is 57.3. The van der Waals surface area contributed by atoms with Gasteiger partial charge in [-0.05, 0) is 0 Å². The third kappa shape index (κ3) is 182. The minimum Gasteiger partial charge on any atom is -2.00 e. The van der Waals surface area contributed by atoms with Gasteiger partial charge in [-0.15, -0.1) is 13.2 Å². The van der Waals surface area contributed by atoms with Gasteiger partial charge in [-0.25, -0.2) is 0 Å². The first kappa shape index (κ1) is 145. The van der Waals surface area contributed by atoms with Gasteiger partial charge in [0.2, 0.25) is 0 Å². The second-order valence-electron chi connectivity index (χ2n) is 44.2. The van der Waals surface area contributed by atoms with E-state index < -0.39 is 165 Å². The maximum Gasteiger partial charge on any atom is 4.00 e. The molecule has 0 saturated heterocycles. The molecule has 0 aliphatic rings. The van der Waals surface area contributed by atoms with Crippen molar-refractivity contribution in [1.29, 1.82) is 0 Å². The van der Waals surface area contributed by atoms with Crippen LogP contribution < -0.4 is 10.2 Å². The summed E-state index contributed by atoms with van der Waals surface area (Å²) in [5.41, 5.74) is 0. The quantitative estimate of drug-likeness (QED) is 0.0758. The number of nitrogens with zero attached hydrogens (tertiary/aromatic N) is 10. The predicted molar refractivity (Wildman–Crippen MR) is 508 cm³/mol. The molecule has 14 nitrogen and oxygen atoms in total. The zero-order valence-electron chi connectivity index (χ0n) is 78.5. The molecule has 0 N–H and O–H groups in total. The minimum absolute atomic E-state index is 0. The molecule has 0 aromatic heterocycles. The van der Waals surface area contributed by atoms with Gasteiger partial charge in [0, 0.05) is 0 Å². The molecule has 0 radical (unpaired) electrons. The summed E-state index contributed by atoms with van der Waals surface area (Å²) in [5.74, 6) is 0. The van der Waals surface area contributed by atoms with Crippen LogP contribution in [-0.4, -0.2) is 165 Å². The van der Waals surface area contributed by atoms with Crippen LogP contribution in [0.3, 0.4) is 0 Å². The fraction of sp³-hybridized carbons (Fsp3) is 0.935. The van der Waals surface area contributed by atoms with E-state index >= 15 is 0 Å². The van der Waals surface area contributed by atoms with Gasteiger partial charge in [0.05, 0.1) is 0 Å². The van der Waals surface area contributed by atoms with Crippen LogP contribution in [0, 0.1) is 124 Å². The molecule has 596 valence electrons. The second-order valence-corrected chi connectivity index (χ2v) is 139. The maximum atomic E-state index is 11.0. The van der Waals surface area contributed by atoms with E-state index in [0.717, 1.165) is 0 Å². The fourth-order valence-electron chi connectivity index (χ4n) is 9.85. The molecule has 0 aliphatic carbocycles. The van der Waals surface area contributed by atoms with E-state index in [4.69, 9.17) is 37.2 Å². The minimum atomic E-state index is -1.98. The Hall–Kier alpha value is 7.15. The van der Waals surface area contributed by atoms with Crippen molar-refractivity contribution in [2.24, 2.45) is 0 Å². The predicted octanol–water partition coefficient (Wildman–Crippen LogP) is 27.6. The van der Waals surface area contributed by atoms with Gasteiger partial charge in [-0.1, -0.05) is 544 Å². The molecule has 0 saturated carbocycles. The first-order valence-corrected chi connectivity index (χ1v) is 103. The summed E-state index contributed by atoms with van der Waals surface area (Å²) < 4.78 is 47.8. The Balaban J connectivity index is -0.0000000557. The number of hydrogen-bond acceptors (Lipinski definition) is 2. The molecule has 0 bridgehead atoms. The van der Waals surface area contributed by atoms with Crippen LogP contribution in [0.2, 0.25) is 380 Å². The Kier molecular flexibility index (Phi) is 83.2. The van der Waals surface area contributed by atoms with E-state index in [0.29, 0.717) is 0 Å². The fourth-order valence-corrected chi connectivity index (χ4v) is 88.7. The van der Waals surface area contributed by atoms with E-state index in [1.807, 2.05) is 26.2 Å². The standard InChI is InChI=1S/2C7H18NOSi2.8C6H18NSi2.2O.4U/c2*1-7(9)11(5,6)8-10(2,3)4;8*1-8(2,3)7-9(4,5)6;;;;;;/h2*9H,1H2,2-6H3;8*1-6H3;;;;;;/q10*-1;2*-2;4*+4/p-2. The van der Waals surface area contributed by atoms with Gasteiger partial charge in [0.1, 0.15) is 0 Å². The Morgan fingerprint density at radius 1 is 0.150 bits per heavy atom. The van der Waals surface area contributed by atoms with Crippen LogP contribution in [0.1, 0.15) is 0 Å². The van der Waals surface area contributed by atoms with E-state index in [-0.39, 0.29) is 146 Å². The van der Waals surface area contributed by atoms with Gasteiger partial charge < -0.3 is 67.6 Å². The zero-order valence-corrected chi connectivity index (χ0v) is 115. The van der Waals surface area contributed by atoms with E-state index in [9.17, 15) is 10.2 Å². The molecule has 0 heterocycles. The number of hydrogen-bond donors (Lipinski definition) is 0. The number of rotatable bonds is 22. The van der Waals surface area contributed by atoms with Crippen molar-refractivity contribution in [2.75, 3.05) is 0 Å². The van der Waals surface area contributed by atoms with Crippen LogP contribution >= 0.6 is 0 Å². The monoisotopic (exact) mass is 2640 g/mol. The molecule has 0 aliphatic heterocycles. The van der Waals surface area contributed by atoms with Crippen molar-refractivity contribution in [2.45, 2.75) is 380 Å². The average Bonchev–Trinajstić information content (AvgIpc) is 2.98. The van der Waals surface area contributed by atoms with Crippen molar-refractivity contribution in [3.05, 3.63) is 70.4 Å². The molecule has 0 amide bonds. The topological polar surface area (TPSA) is 244 Å². The van der Waals surface area contributed by atoms with Crippen molar-refractivity contribution < 1.29 is 146 Å². The molecule has 0 spiro atoms. The van der Waals surface area contributed by atoms with Crippen molar-refractivity contribution in [3.8, 4) is 0 Å². The van der Waals surface area contributed by atoms with E-state index in [1.165, 1.54) is 0 Å². The summed E-state index contributed by atoms with van der Waals surface area (Å²) >= 11 is 0. The normalized spacial score (nSPS) is 13.0. The van der Waals surface area contributed by atoms with Crippen molar-refractivity contribution in [1.82, 2.24) is 0 Å². The largest absolute Gasteiger partial charge is 4.00 e. The summed E-state index contributed by atoms with van der Waals surface area (Å²) in [5, 5.41) is 22.1. The summed E-state index contributed by atoms with van der Waals surface area (Å²) in [6.45, 7) is 138. The smallest absolute Gasteiger partial charge is 2.00 e. The Bertz CT molecular complexity index is 1560. The Morgan fingerprint density at radius 2 is 0.200 bits per heavy atom. The maximum absolute atomic E-state index is 11.0. The van der Waals surface area contributed by atoms with Gasteiger partial charge in [-0.2, -0.15) is 10.8 Å². The van der Waals surface area contributed by atoms with Gasteiger partial charge in [0.25, 0.3) is 0 Å². The third-order valence-corrected chi connectivity index (χ3v) is 63.5. The molecule has 0 fully saturated rings. The van der Waals surface area contributed by atoms with Gasteiger partial charge in [-0.3, -0.25) is 0 Å². The summed E-state index contributed by atoms with van der Waals surface area (Å²) in [6.07, 6.45) is 0. The van der Waals surface area contributed by atoms with E-state index in [1.54, 1.807) is 0 Å². The molecule has 0 unspecified atom stereocenters. The van der Waals surface area contributed by atoms with E-state index in [2.05, 4.69) is 376 Å². The summed E-state index contributed by atoms with van der Waals surface area (Å²) in [4.78, 5) is 0. The summed E-state index contributed by atoms with van der Waals surface area (Å²) in [6, 6.07) is 0. The van der Waals surface area contributed by atoms with Gasteiger partial charge >= 0.3 is 124 Å². The summed E-state index contributed by atoms with van der Waals surface area (Å²) in [7, 11) is -24.5. The molecule has 0 atom stereocenters. The SMILES string of the molecule is C=C([O-])[Si](C)(C)[N-][Si](C)(C)C.C=C([O-])[Si](C)(C)[N-][Si](C)(C)C.C[Si](C)(C)[N-][Si](C)(C)C.C[Si](C)(C)[N-][Si](C)(C)C.C[Si](C)(C)[N-][Si](C)(C)C.C[Si](C)(C)[N-][Si](C)(C)C.C[Si](C)(C)[N-][Si](C)(C)C.C[Si](C)(C)[N-][Si](C)(C)C.C[Si](C)(C)[N-][Si](C)(C)C.C[Si](C)(C)[N-][Si](C)(C)C.[O-2].[O-2].[U+4].[U+4].[U+4].[U+4]. The first-order valence-electron chi connectivity index (χ1n) is 35.1. The zero-order chi connectivity index (χ0) is 80.2.